The molecule has 156 valence electrons. The lowest BCUT2D eigenvalue weighted by atomic mass is 10.0. The first-order valence-electron chi connectivity index (χ1n) is 9.96. The third-order valence-electron chi connectivity index (χ3n) is 5.42. The maximum absolute atomic E-state index is 13.0. The predicted molar refractivity (Wildman–Crippen MR) is 110 cm³/mol. The van der Waals surface area contributed by atoms with Gasteiger partial charge in [-0.25, -0.2) is 0 Å². The predicted octanol–water partition coefficient (Wildman–Crippen LogP) is 1.03. The highest BCUT2D eigenvalue weighted by molar-refractivity contribution is 5.94. The number of nitrogens with one attached hydrogen (secondary N) is 1. The molecule has 30 heavy (non-hydrogen) atoms. The summed E-state index contributed by atoms with van der Waals surface area (Å²) in [6, 6.07) is 5.18. The zero-order valence-corrected chi connectivity index (χ0v) is 17.4. The van der Waals surface area contributed by atoms with Crippen LogP contribution in [0.15, 0.2) is 30.6 Å². The Bertz CT molecular complexity index is 1080. The van der Waals surface area contributed by atoms with Crippen molar-refractivity contribution in [3.63, 3.8) is 0 Å². The summed E-state index contributed by atoms with van der Waals surface area (Å²) in [5.74, 6) is -0.157. The van der Waals surface area contributed by atoms with Gasteiger partial charge in [0.1, 0.15) is 5.69 Å². The first-order chi connectivity index (χ1) is 14.4. The fourth-order valence-corrected chi connectivity index (χ4v) is 3.92. The van der Waals surface area contributed by atoms with E-state index in [4.69, 9.17) is 0 Å². The number of hydrogen-bond acceptors (Lipinski definition) is 5. The number of rotatable bonds is 5. The van der Waals surface area contributed by atoms with Crippen LogP contribution in [0.5, 0.6) is 0 Å². The van der Waals surface area contributed by atoms with Crippen LogP contribution < -0.4 is 5.32 Å². The van der Waals surface area contributed by atoms with Crippen molar-refractivity contribution in [2.45, 2.75) is 26.3 Å². The summed E-state index contributed by atoms with van der Waals surface area (Å²) in [5.41, 5.74) is 5.14. The molecule has 1 aliphatic rings. The summed E-state index contributed by atoms with van der Waals surface area (Å²) < 4.78 is 3.53. The molecule has 9 nitrogen and oxygen atoms in total. The zero-order chi connectivity index (χ0) is 21.3. The smallest absolute Gasteiger partial charge is 0.272 e. The van der Waals surface area contributed by atoms with Gasteiger partial charge in [0.15, 0.2) is 0 Å². The van der Waals surface area contributed by atoms with Gasteiger partial charge in [-0.2, -0.15) is 10.2 Å². The Morgan fingerprint density at radius 2 is 1.90 bits per heavy atom. The molecule has 3 aromatic heterocycles. The average Bonchev–Trinajstić information content (AvgIpc) is 3.25. The van der Waals surface area contributed by atoms with Gasteiger partial charge in [-0.05, 0) is 25.1 Å². The molecule has 9 heteroatoms. The summed E-state index contributed by atoms with van der Waals surface area (Å²) in [6.07, 6.45) is 4.55. The van der Waals surface area contributed by atoms with Gasteiger partial charge < -0.3 is 10.2 Å². The minimum atomic E-state index is -0.134. The minimum absolute atomic E-state index is 0.0236. The van der Waals surface area contributed by atoms with Crippen LogP contribution in [0, 0.1) is 6.92 Å². The SMILES string of the molecule is Cc1cc(C(=O)N2CCc3c(c(CCNC(=O)c4ccncc4)nn3C)C2)n(C)n1. The Balaban J connectivity index is 1.44. The van der Waals surface area contributed by atoms with Crippen LogP contribution >= 0.6 is 0 Å². The van der Waals surface area contributed by atoms with Crippen LogP contribution in [0.3, 0.4) is 0 Å². The van der Waals surface area contributed by atoms with E-state index in [1.807, 2.05) is 29.6 Å². The van der Waals surface area contributed by atoms with E-state index >= 15 is 0 Å². The van der Waals surface area contributed by atoms with Crippen molar-refractivity contribution in [1.82, 2.24) is 34.8 Å². The second-order valence-corrected chi connectivity index (χ2v) is 7.51. The van der Waals surface area contributed by atoms with Crippen molar-refractivity contribution in [3.8, 4) is 0 Å². The van der Waals surface area contributed by atoms with Crippen LogP contribution in [0.1, 0.15) is 43.5 Å². The highest BCUT2D eigenvalue weighted by atomic mass is 16.2. The first kappa shape index (κ1) is 19.8. The summed E-state index contributed by atoms with van der Waals surface area (Å²) in [4.78, 5) is 31.0. The van der Waals surface area contributed by atoms with Crippen LogP contribution in [-0.2, 0) is 33.5 Å². The molecule has 3 aromatic rings. The molecule has 0 aromatic carbocycles. The lowest BCUT2D eigenvalue weighted by Gasteiger charge is -2.27. The summed E-state index contributed by atoms with van der Waals surface area (Å²) >= 11 is 0. The fraction of sp³-hybridized carbons (Fsp3) is 0.381. The van der Waals surface area contributed by atoms with Gasteiger partial charge in [0.25, 0.3) is 11.8 Å². The lowest BCUT2D eigenvalue weighted by Crippen LogP contribution is -2.37. The first-order valence-corrected chi connectivity index (χ1v) is 9.96. The number of aryl methyl sites for hydroxylation is 3. The van der Waals surface area contributed by atoms with Crippen LogP contribution in [0.25, 0.3) is 0 Å². The van der Waals surface area contributed by atoms with E-state index in [0.717, 1.165) is 29.1 Å². The molecular weight excluding hydrogens is 382 g/mol. The van der Waals surface area contributed by atoms with Gasteiger partial charge in [0, 0.05) is 75.8 Å². The van der Waals surface area contributed by atoms with Gasteiger partial charge in [-0.15, -0.1) is 0 Å². The van der Waals surface area contributed by atoms with Gasteiger partial charge in [0.2, 0.25) is 0 Å². The molecule has 1 N–H and O–H groups in total. The van der Waals surface area contributed by atoms with E-state index in [9.17, 15) is 9.59 Å². The third kappa shape index (κ3) is 3.83. The van der Waals surface area contributed by atoms with Crippen molar-refractivity contribution >= 4 is 11.8 Å². The van der Waals surface area contributed by atoms with E-state index in [1.54, 1.807) is 36.3 Å². The molecule has 4 rings (SSSR count). The van der Waals surface area contributed by atoms with Crippen molar-refractivity contribution in [2.24, 2.45) is 14.1 Å². The Hall–Kier alpha value is -3.49. The monoisotopic (exact) mass is 407 g/mol. The molecule has 0 unspecified atom stereocenters. The Morgan fingerprint density at radius 3 is 2.60 bits per heavy atom. The van der Waals surface area contributed by atoms with Gasteiger partial charge in [-0.3, -0.25) is 23.9 Å². The van der Waals surface area contributed by atoms with Crippen molar-refractivity contribution in [1.29, 1.82) is 0 Å². The molecule has 0 aliphatic carbocycles. The van der Waals surface area contributed by atoms with Crippen LogP contribution in [0.2, 0.25) is 0 Å². The van der Waals surface area contributed by atoms with E-state index in [2.05, 4.69) is 20.5 Å². The standard InChI is InChI=1S/C21H25N7O2/c1-14-12-19(27(3)24-14)21(30)28-11-7-18-16(13-28)17(25-26(18)2)6-10-23-20(29)15-4-8-22-9-5-15/h4-5,8-9,12H,6-7,10-11,13H2,1-3H3,(H,23,29). The number of carbonyl (C=O) groups excluding carboxylic acids is 2. The van der Waals surface area contributed by atoms with Gasteiger partial charge >= 0.3 is 0 Å². The van der Waals surface area contributed by atoms with E-state index in [-0.39, 0.29) is 11.8 Å². The van der Waals surface area contributed by atoms with Crippen LogP contribution in [0.4, 0.5) is 0 Å². The number of amides is 2. The van der Waals surface area contributed by atoms with Gasteiger partial charge in [-0.1, -0.05) is 0 Å². The second-order valence-electron chi connectivity index (χ2n) is 7.51. The number of aromatic nitrogens is 5. The molecule has 0 saturated carbocycles. The molecule has 0 atom stereocenters. The molecule has 0 saturated heterocycles. The second kappa shape index (κ2) is 8.10. The average molecular weight is 407 g/mol. The Morgan fingerprint density at radius 1 is 1.13 bits per heavy atom. The number of hydrogen-bond donors (Lipinski definition) is 1. The topological polar surface area (TPSA) is 97.9 Å². The van der Waals surface area contributed by atoms with Crippen molar-refractivity contribution < 1.29 is 9.59 Å². The van der Waals surface area contributed by atoms with Crippen molar-refractivity contribution in [3.05, 3.63) is 64.5 Å². The molecule has 0 bridgehead atoms. The number of pyridine rings is 1. The molecule has 0 fully saturated rings. The Labute approximate surface area is 174 Å². The highest BCUT2D eigenvalue weighted by Gasteiger charge is 2.28. The third-order valence-corrected chi connectivity index (χ3v) is 5.42. The summed E-state index contributed by atoms with van der Waals surface area (Å²) in [7, 11) is 3.72. The molecule has 0 spiro atoms. The van der Waals surface area contributed by atoms with E-state index < -0.39 is 0 Å². The highest BCUT2D eigenvalue weighted by Crippen LogP contribution is 2.24. The largest absolute Gasteiger partial charge is 0.352 e. The number of carbonyl (C=O) groups is 2. The number of fused-ring (bicyclic) bond motifs is 1. The number of nitrogens with zero attached hydrogens (tertiary/aromatic N) is 6. The van der Waals surface area contributed by atoms with Crippen molar-refractivity contribution in [2.75, 3.05) is 13.1 Å². The van der Waals surface area contributed by atoms with Gasteiger partial charge in [0.05, 0.1) is 11.4 Å². The molecular formula is C21H25N7O2. The van der Waals surface area contributed by atoms with E-state index in [0.29, 0.717) is 37.3 Å². The fourth-order valence-electron chi connectivity index (χ4n) is 3.92. The molecule has 1 aliphatic heterocycles. The quantitative estimate of drug-likeness (QED) is 0.681. The van der Waals surface area contributed by atoms with E-state index in [1.165, 1.54) is 0 Å². The summed E-state index contributed by atoms with van der Waals surface area (Å²) in [5, 5.41) is 11.9. The normalized spacial score (nSPS) is 13.2. The van der Waals surface area contributed by atoms with Crippen LogP contribution in [-0.4, -0.2) is 54.3 Å². The summed E-state index contributed by atoms with van der Waals surface area (Å²) in [6.45, 7) is 3.51. The molecule has 0 radical (unpaired) electrons. The molecule has 4 heterocycles. The Kier molecular flexibility index (Phi) is 5.35. The maximum Gasteiger partial charge on any atom is 0.272 e. The molecule has 2 amide bonds. The minimum Gasteiger partial charge on any atom is -0.352 e. The lowest BCUT2D eigenvalue weighted by molar-refractivity contribution is 0.0721. The zero-order valence-electron chi connectivity index (χ0n) is 17.4. The maximum atomic E-state index is 13.0.